The van der Waals surface area contributed by atoms with Crippen molar-refractivity contribution in [2.45, 2.75) is 78.1 Å². The lowest BCUT2D eigenvalue weighted by Crippen LogP contribution is -2.41. The van der Waals surface area contributed by atoms with Crippen LogP contribution >= 0.6 is 0 Å². The van der Waals surface area contributed by atoms with E-state index in [4.69, 9.17) is 0 Å². The van der Waals surface area contributed by atoms with E-state index in [0.717, 1.165) is 38.5 Å². The van der Waals surface area contributed by atoms with Gasteiger partial charge in [-0.05, 0) is 25.2 Å². The van der Waals surface area contributed by atoms with Crippen molar-refractivity contribution in [1.29, 1.82) is 0 Å². The average Bonchev–Trinajstić information content (AvgIpc) is 2.34. The normalized spacial score (nSPS) is 29.2. The number of carboxylic acid groups (broad SMARTS) is 1. The summed E-state index contributed by atoms with van der Waals surface area (Å²) in [4.78, 5) is 11.7. The van der Waals surface area contributed by atoms with Crippen LogP contribution in [0.25, 0.3) is 0 Å². The van der Waals surface area contributed by atoms with Gasteiger partial charge in [-0.1, -0.05) is 58.8 Å². The molecular formula is C15H28O2. The highest BCUT2D eigenvalue weighted by atomic mass is 16.4. The SMILES string of the molecule is CCCCCCC1(C(=O)O)CCCCC1CC. The van der Waals surface area contributed by atoms with E-state index in [1.165, 1.54) is 25.7 Å². The minimum Gasteiger partial charge on any atom is -0.481 e. The van der Waals surface area contributed by atoms with Gasteiger partial charge >= 0.3 is 5.97 Å². The minimum atomic E-state index is -0.527. The Morgan fingerprint density at radius 1 is 1.24 bits per heavy atom. The molecule has 0 amide bonds. The van der Waals surface area contributed by atoms with Crippen molar-refractivity contribution >= 4 is 5.97 Å². The van der Waals surface area contributed by atoms with Crippen LogP contribution in [0, 0.1) is 11.3 Å². The highest BCUT2D eigenvalue weighted by Crippen LogP contribution is 2.46. The molecule has 1 N–H and O–H groups in total. The topological polar surface area (TPSA) is 37.3 Å². The molecule has 2 atom stereocenters. The second-order valence-electron chi connectivity index (χ2n) is 5.62. The van der Waals surface area contributed by atoms with Crippen LogP contribution in [0.2, 0.25) is 0 Å². The van der Waals surface area contributed by atoms with Crippen LogP contribution in [-0.2, 0) is 4.79 Å². The molecule has 0 heterocycles. The Morgan fingerprint density at radius 3 is 2.59 bits per heavy atom. The Morgan fingerprint density at radius 2 is 2.00 bits per heavy atom. The molecule has 0 aromatic rings. The van der Waals surface area contributed by atoms with Crippen LogP contribution in [-0.4, -0.2) is 11.1 Å². The summed E-state index contributed by atoms with van der Waals surface area (Å²) >= 11 is 0. The Bertz CT molecular complexity index is 237. The zero-order chi connectivity index (χ0) is 12.7. The van der Waals surface area contributed by atoms with Gasteiger partial charge in [-0.15, -0.1) is 0 Å². The van der Waals surface area contributed by atoms with Crippen LogP contribution in [0.3, 0.4) is 0 Å². The standard InChI is InChI=1S/C15H28O2/c1-3-5-6-8-11-15(14(16)17)12-9-7-10-13(15)4-2/h13H,3-12H2,1-2H3,(H,16,17). The van der Waals surface area contributed by atoms with E-state index in [1.54, 1.807) is 0 Å². The Hall–Kier alpha value is -0.530. The first-order valence-corrected chi connectivity index (χ1v) is 7.40. The monoisotopic (exact) mass is 240 g/mol. The van der Waals surface area contributed by atoms with E-state index in [9.17, 15) is 9.90 Å². The van der Waals surface area contributed by atoms with Crippen molar-refractivity contribution in [2.24, 2.45) is 11.3 Å². The Kier molecular flexibility index (Phi) is 6.01. The summed E-state index contributed by atoms with van der Waals surface area (Å²) in [5.74, 6) is -0.115. The molecule has 1 fully saturated rings. The predicted molar refractivity (Wildman–Crippen MR) is 71.1 cm³/mol. The lowest BCUT2D eigenvalue weighted by atomic mass is 9.63. The summed E-state index contributed by atoms with van der Waals surface area (Å²) in [5.41, 5.74) is -0.388. The maximum absolute atomic E-state index is 11.7. The van der Waals surface area contributed by atoms with Crippen LogP contribution in [0.1, 0.15) is 78.1 Å². The Balaban J connectivity index is 2.62. The van der Waals surface area contributed by atoms with Gasteiger partial charge in [0.25, 0.3) is 0 Å². The Labute approximate surface area is 106 Å². The van der Waals surface area contributed by atoms with Crippen LogP contribution in [0.4, 0.5) is 0 Å². The fourth-order valence-corrected chi connectivity index (χ4v) is 3.49. The van der Waals surface area contributed by atoms with Gasteiger partial charge < -0.3 is 5.11 Å². The molecule has 2 heteroatoms. The molecule has 2 unspecified atom stereocenters. The molecule has 100 valence electrons. The smallest absolute Gasteiger partial charge is 0.309 e. The molecule has 0 bridgehead atoms. The molecule has 0 aromatic heterocycles. The van der Waals surface area contributed by atoms with Crippen molar-refractivity contribution in [3.05, 3.63) is 0 Å². The largest absolute Gasteiger partial charge is 0.481 e. The van der Waals surface area contributed by atoms with Crippen molar-refractivity contribution < 1.29 is 9.90 Å². The summed E-state index contributed by atoms with van der Waals surface area (Å²) < 4.78 is 0. The third kappa shape index (κ3) is 3.46. The van der Waals surface area contributed by atoms with Gasteiger partial charge in [0.05, 0.1) is 5.41 Å². The number of carboxylic acids is 1. The fourth-order valence-electron chi connectivity index (χ4n) is 3.49. The quantitative estimate of drug-likeness (QED) is 0.659. The molecule has 1 aliphatic rings. The molecule has 2 nitrogen and oxygen atoms in total. The zero-order valence-corrected chi connectivity index (χ0v) is 11.5. The minimum absolute atomic E-state index is 0.388. The molecule has 1 saturated carbocycles. The van der Waals surface area contributed by atoms with Crippen LogP contribution < -0.4 is 0 Å². The zero-order valence-electron chi connectivity index (χ0n) is 11.5. The van der Waals surface area contributed by atoms with Gasteiger partial charge in [0, 0.05) is 0 Å². The summed E-state index contributed by atoms with van der Waals surface area (Å²) in [6.45, 7) is 4.35. The van der Waals surface area contributed by atoms with E-state index in [0.29, 0.717) is 5.92 Å². The van der Waals surface area contributed by atoms with Gasteiger partial charge in [-0.25, -0.2) is 0 Å². The molecule has 0 spiro atoms. The molecule has 1 aliphatic carbocycles. The predicted octanol–water partition coefficient (Wildman–Crippen LogP) is 4.63. The fraction of sp³-hybridized carbons (Fsp3) is 0.933. The summed E-state index contributed by atoms with van der Waals surface area (Å²) in [5, 5.41) is 9.65. The average molecular weight is 240 g/mol. The molecule has 0 aromatic carbocycles. The number of rotatable bonds is 7. The third-order valence-corrected chi connectivity index (χ3v) is 4.60. The number of hydrogen-bond acceptors (Lipinski definition) is 1. The second-order valence-corrected chi connectivity index (χ2v) is 5.62. The molecule has 0 saturated heterocycles. The van der Waals surface area contributed by atoms with Crippen molar-refractivity contribution in [3.63, 3.8) is 0 Å². The van der Waals surface area contributed by atoms with E-state index >= 15 is 0 Å². The van der Waals surface area contributed by atoms with Gasteiger partial charge in [-0.3, -0.25) is 4.79 Å². The van der Waals surface area contributed by atoms with E-state index < -0.39 is 5.97 Å². The number of carbonyl (C=O) groups is 1. The number of unbranched alkanes of at least 4 members (excludes halogenated alkanes) is 3. The van der Waals surface area contributed by atoms with Crippen LogP contribution in [0.15, 0.2) is 0 Å². The molecule has 17 heavy (non-hydrogen) atoms. The maximum atomic E-state index is 11.7. The van der Waals surface area contributed by atoms with Gasteiger partial charge in [0.1, 0.15) is 0 Å². The molecule has 0 radical (unpaired) electrons. The maximum Gasteiger partial charge on any atom is 0.309 e. The highest BCUT2D eigenvalue weighted by Gasteiger charge is 2.45. The second kappa shape index (κ2) is 7.03. The first-order chi connectivity index (χ1) is 8.17. The van der Waals surface area contributed by atoms with E-state index in [2.05, 4.69) is 13.8 Å². The first-order valence-electron chi connectivity index (χ1n) is 7.40. The van der Waals surface area contributed by atoms with Crippen LogP contribution in [0.5, 0.6) is 0 Å². The summed E-state index contributed by atoms with van der Waals surface area (Å²) in [6, 6.07) is 0. The van der Waals surface area contributed by atoms with Gasteiger partial charge in [0.15, 0.2) is 0 Å². The van der Waals surface area contributed by atoms with Gasteiger partial charge in [0.2, 0.25) is 0 Å². The number of hydrogen-bond donors (Lipinski definition) is 1. The molecule has 0 aliphatic heterocycles. The van der Waals surface area contributed by atoms with Crippen molar-refractivity contribution in [3.8, 4) is 0 Å². The number of aliphatic carboxylic acids is 1. The third-order valence-electron chi connectivity index (χ3n) is 4.60. The summed E-state index contributed by atoms with van der Waals surface area (Å²) in [7, 11) is 0. The van der Waals surface area contributed by atoms with Crippen molar-refractivity contribution in [2.75, 3.05) is 0 Å². The van der Waals surface area contributed by atoms with Gasteiger partial charge in [-0.2, -0.15) is 0 Å². The highest BCUT2D eigenvalue weighted by molar-refractivity contribution is 5.75. The van der Waals surface area contributed by atoms with E-state index in [-0.39, 0.29) is 5.41 Å². The van der Waals surface area contributed by atoms with E-state index in [1.807, 2.05) is 0 Å². The summed E-state index contributed by atoms with van der Waals surface area (Å²) in [6.07, 6.45) is 11.0. The lowest BCUT2D eigenvalue weighted by Gasteiger charge is -2.40. The first kappa shape index (κ1) is 14.5. The lowest BCUT2D eigenvalue weighted by molar-refractivity contribution is -0.156. The molecular weight excluding hydrogens is 212 g/mol. The molecule has 1 rings (SSSR count). The van der Waals surface area contributed by atoms with Crippen molar-refractivity contribution in [1.82, 2.24) is 0 Å².